The predicted octanol–water partition coefficient (Wildman–Crippen LogP) is 5.29. The number of fused-ring (bicyclic) bond motifs is 1. The van der Waals surface area contributed by atoms with E-state index in [9.17, 15) is 8.78 Å². The molecule has 1 N–H and O–H groups in total. The normalized spacial score (nSPS) is 12.3. The van der Waals surface area contributed by atoms with Crippen molar-refractivity contribution < 1.29 is 8.78 Å². The molecular weight excluding hydrogens is 268 g/mol. The van der Waals surface area contributed by atoms with Gasteiger partial charge in [0.25, 0.3) is 0 Å². The van der Waals surface area contributed by atoms with Crippen LogP contribution >= 0.6 is 0 Å². The lowest BCUT2D eigenvalue weighted by atomic mass is 10.0. The maximum atomic E-state index is 13.7. The Morgan fingerprint density at radius 3 is 2.38 bits per heavy atom. The SMILES string of the molecule is CC(Nc1ccc(F)cc1F)c1ccc2ccccc2c1. The summed E-state index contributed by atoms with van der Waals surface area (Å²) in [5.41, 5.74) is 1.36. The standard InChI is InChI=1S/C18H15F2N/c1-12(21-18-9-8-16(19)11-17(18)20)14-7-6-13-4-2-3-5-15(13)10-14/h2-12,21H,1H3. The molecule has 3 aromatic rings. The number of hydrogen-bond donors (Lipinski definition) is 1. The molecule has 0 heterocycles. The van der Waals surface area contributed by atoms with Crippen molar-refractivity contribution in [3.8, 4) is 0 Å². The van der Waals surface area contributed by atoms with E-state index >= 15 is 0 Å². The number of benzene rings is 3. The second-order valence-corrected chi connectivity index (χ2v) is 5.10. The Morgan fingerprint density at radius 2 is 1.62 bits per heavy atom. The lowest BCUT2D eigenvalue weighted by molar-refractivity contribution is 0.584. The molecule has 3 heteroatoms. The summed E-state index contributed by atoms with van der Waals surface area (Å²) in [4.78, 5) is 0. The molecule has 0 aliphatic rings. The highest BCUT2D eigenvalue weighted by molar-refractivity contribution is 5.83. The molecule has 0 amide bonds. The molecule has 1 atom stereocenters. The number of rotatable bonds is 3. The van der Waals surface area contributed by atoms with Gasteiger partial charge in [0.1, 0.15) is 11.6 Å². The minimum absolute atomic E-state index is 0.0745. The Morgan fingerprint density at radius 1 is 0.857 bits per heavy atom. The van der Waals surface area contributed by atoms with Gasteiger partial charge in [0.2, 0.25) is 0 Å². The zero-order valence-electron chi connectivity index (χ0n) is 11.6. The van der Waals surface area contributed by atoms with E-state index in [-0.39, 0.29) is 6.04 Å². The first-order chi connectivity index (χ1) is 10.1. The molecule has 0 bridgehead atoms. The molecule has 3 aromatic carbocycles. The van der Waals surface area contributed by atoms with E-state index < -0.39 is 11.6 Å². The van der Waals surface area contributed by atoms with Crippen molar-refractivity contribution in [1.82, 2.24) is 0 Å². The maximum Gasteiger partial charge on any atom is 0.149 e. The van der Waals surface area contributed by atoms with E-state index in [0.717, 1.165) is 17.0 Å². The minimum Gasteiger partial charge on any atom is -0.376 e. The summed E-state index contributed by atoms with van der Waals surface area (Å²) in [7, 11) is 0. The molecule has 0 aliphatic heterocycles. The third-order valence-corrected chi connectivity index (χ3v) is 3.58. The van der Waals surface area contributed by atoms with Crippen molar-refractivity contribution in [2.24, 2.45) is 0 Å². The van der Waals surface area contributed by atoms with Crippen molar-refractivity contribution in [1.29, 1.82) is 0 Å². The number of hydrogen-bond acceptors (Lipinski definition) is 1. The molecule has 1 unspecified atom stereocenters. The van der Waals surface area contributed by atoms with Crippen LogP contribution in [0.25, 0.3) is 10.8 Å². The van der Waals surface area contributed by atoms with Crippen molar-refractivity contribution in [2.75, 3.05) is 5.32 Å². The Bertz CT molecular complexity index is 783. The van der Waals surface area contributed by atoms with Crippen LogP contribution in [-0.2, 0) is 0 Å². The second kappa shape index (κ2) is 5.52. The average molecular weight is 283 g/mol. The summed E-state index contributed by atoms with van der Waals surface area (Å²) < 4.78 is 26.6. The summed E-state index contributed by atoms with van der Waals surface area (Å²) in [6, 6.07) is 17.7. The van der Waals surface area contributed by atoms with E-state index in [0.29, 0.717) is 5.69 Å². The predicted molar refractivity (Wildman–Crippen MR) is 82.3 cm³/mol. The first-order valence-corrected chi connectivity index (χ1v) is 6.84. The summed E-state index contributed by atoms with van der Waals surface area (Å²) >= 11 is 0. The summed E-state index contributed by atoms with van der Waals surface area (Å²) in [5, 5.41) is 5.39. The van der Waals surface area contributed by atoms with E-state index in [4.69, 9.17) is 0 Å². The highest BCUT2D eigenvalue weighted by atomic mass is 19.1. The maximum absolute atomic E-state index is 13.7. The van der Waals surface area contributed by atoms with Crippen LogP contribution in [0.4, 0.5) is 14.5 Å². The van der Waals surface area contributed by atoms with Gasteiger partial charge in [-0.3, -0.25) is 0 Å². The molecule has 0 saturated heterocycles. The van der Waals surface area contributed by atoms with E-state index in [1.807, 2.05) is 37.3 Å². The van der Waals surface area contributed by atoms with E-state index in [1.54, 1.807) is 0 Å². The van der Waals surface area contributed by atoms with Gasteiger partial charge >= 0.3 is 0 Å². The van der Waals surface area contributed by atoms with Gasteiger partial charge < -0.3 is 5.32 Å². The molecule has 1 nitrogen and oxygen atoms in total. The number of nitrogens with one attached hydrogen (secondary N) is 1. The lowest BCUT2D eigenvalue weighted by Crippen LogP contribution is -2.08. The summed E-state index contributed by atoms with van der Waals surface area (Å²) in [5.74, 6) is -1.15. The molecule has 3 rings (SSSR count). The minimum atomic E-state index is -0.581. The first-order valence-electron chi connectivity index (χ1n) is 6.84. The van der Waals surface area contributed by atoms with Gasteiger partial charge in [0.05, 0.1) is 5.69 Å². The molecule has 106 valence electrons. The molecule has 0 radical (unpaired) electrons. The largest absolute Gasteiger partial charge is 0.376 e. The van der Waals surface area contributed by atoms with Crippen LogP contribution in [0.3, 0.4) is 0 Å². The van der Waals surface area contributed by atoms with Crippen molar-refractivity contribution in [3.63, 3.8) is 0 Å². The van der Waals surface area contributed by atoms with Gasteiger partial charge in [0, 0.05) is 12.1 Å². The Kier molecular flexibility index (Phi) is 3.57. The van der Waals surface area contributed by atoms with Gasteiger partial charge in [-0.15, -0.1) is 0 Å². The van der Waals surface area contributed by atoms with Crippen molar-refractivity contribution >= 4 is 16.5 Å². The van der Waals surface area contributed by atoms with Crippen LogP contribution in [0.2, 0.25) is 0 Å². The molecule has 0 aliphatic carbocycles. The Balaban J connectivity index is 1.87. The van der Waals surface area contributed by atoms with Gasteiger partial charge in [-0.1, -0.05) is 36.4 Å². The topological polar surface area (TPSA) is 12.0 Å². The van der Waals surface area contributed by atoms with Gasteiger partial charge in [0.15, 0.2) is 0 Å². The molecule has 0 saturated carbocycles. The fourth-order valence-corrected chi connectivity index (χ4v) is 2.40. The van der Waals surface area contributed by atoms with Gasteiger partial charge in [-0.2, -0.15) is 0 Å². The number of halogens is 2. The van der Waals surface area contributed by atoms with Gasteiger partial charge in [-0.05, 0) is 41.5 Å². The van der Waals surface area contributed by atoms with Crippen LogP contribution in [0.5, 0.6) is 0 Å². The quantitative estimate of drug-likeness (QED) is 0.688. The summed E-state index contributed by atoms with van der Waals surface area (Å²) in [6.07, 6.45) is 0. The first kappa shape index (κ1) is 13.6. The van der Waals surface area contributed by atoms with Crippen LogP contribution in [0.15, 0.2) is 60.7 Å². The van der Waals surface area contributed by atoms with Crippen LogP contribution < -0.4 is 5.32 Å². The Hall–Kier alpha value is -2.42. The molecule has 0 spiro atoms. The zero-order valence-corrected chi connectivity index (χ0v) is 11.6. The third kappa shape index (κ3) is 2.87. The van der Waals surface area contributed by atoms with Crippen LogP contribution in [0.1, 0.15) is 18.5 Å². The Labute approximate surface area is 122 Å². The number of anilines is 1. The lowest BCUT2D eigenvalue weighted by Gasteiger charge is -2.17. The van der Waals surface area contributed by atoms with Crippen molar-refractivity contribution in [3.05, 3.63) is 77.9 Å². The fraction of sp³-hybridized carbons (Fsp3) is 0.111. The summed E-state index contributed by atoms with van der Waals surface area (Å²) in [6.45, 7) is 1.95. The van der Waals surface area contributed by atoms with E-state index in [1.165, 1.54) is 17.5 Å². The van der Waals surface area contributed by atoms with Crippen molar-refractivity contribution in [2.45, 2.75) is 13.0 Å². The monoisotopic (exact) mass is 283 g/mol. The van der Waals surface area contributed by atoms with Crippen LogP contribution in [0, 0.1) is 11.6 Å². The third-order valence-electron chi connectivity index (χ3n) is 3.58. The highest BCUT2D eigenvalue weighted by Crippen LogP contribution is 2.25. The zero-order chi connectivity index (χ0) is 14.8. The van der Waals surface area contributed by atoms with Crippen LogP contribution in [-0.4, -0.2) is 0 Å². The molecule has 0 fully saturated rings. The molecule has 0 aromatic heterocycles. The molecule has 21 heavy (non-hydrogen) atoms. The fourth-order valence-electron chi connectivity index (χ4n) is 2.40. The molecular formula is C18H15F2N. The van der Waals surface area contributed by atoms with Gasteiger partial charge in [-0.25, -0.2) is 8.78 Å². The average Bonchev–Trinajstić information content (AvgIpc) is 2.49. The van der Waals surface area contributed by atoms with E-state index in [2.05, 4.69) is 17.4 Å². The second-order valence-electron chi connectivity index (χ2n) is 5.10. The smallest absolute Gasteiger partial charge is 0.149 e. The highest BCUT2D eigenvalue weighted by Gasteiger charge is 2.09.